The average molecular weight is 375 g/mol. The van der Waals surface area contributed by atoms with Crippen LogP contribution in [0.5, 0.6) is 0 Å². The number of rotatable bonds is 3. The molecule has 0 radical (unpaired) electrons. The number of aromatic carboxylic acids is 1. The lowest BCUT2D eigenvalue weighted by Crippen LogP contribution is -2.18. The zero-order valence-corrected chi connectivity index (χ0v) is 16.9. The van der Waals surface area contributed by atoms with Crippen molar-refractivity contribution >= 4 is 5.97 Å². The Bertz CT molecular complexity index is 1080. The third kappa shape index (κ3) is 2.82. The number of carbonyl (C=O) groups is 1. The van der Waals surface area contributed by atoms with E-state index in [-0.39, 0.29) is 16.4 Å². The van der Waals surface area contributed by atoms with E-state index >= 15 is 0 Å². The predicted molar refractivity (Wildman–Crippen MR) is 110 cm³/mol. The molecule has 0 fully saturated rings. The number of aromatic nitrogens is 3. The lowest BCUT2D eigenvalue weighted by Gasteiger charge is -2.21. The third-order valence-corrected chi connectivity index (χ3v) is 5.75. The normalized spacial score (nSPS) is 16.8. The van der Waals surface area contributed by atoms with Gasteiger partial charge in [-0.15, -0.1) is 0 Å². The molecule has 0 aliphatic heterocycles. The smallest absolute Gasteiger partial charge is 0.335 e. The van der Waals surface area contributed by atoms with Crippen LogP contribution in [0.3, 0.4) is 0 Å². The fourth-order valence-electron chi connectivity index (χ4n) is 4.59. The Morgan fingerprint density at radius 3 is 2.21 bits per heavy atom. The second kappa shape index (κ2) is 6.03. The number of hydrogen-bond acceptors (Lipinski definition) is 3. The monoisotopic (exact) mass is 375 g/mol. The van der Waals surface area contributed by atoms with Crippen LogP contribution in [0.25, 0.3) is 22.6 Å². The largest absolute Gasteiger partial charge is 0.478 e. The summed E-state index contributed by atoms with van der Waals surface area (Å²) in [4.78, 5) is 20.9. The van der Waals surface area contributed by atoms with Gasteiger partial charge in [0.2, 0.25) is 0 Å². The number of benzene rings is 1. The summed E-state index contributed by atoms with van der Waals surface area (Å²) >= 11 is 0. The lowest BCUT2D eigenvalue weighted by molar-refractivity contribution is 0.0697. The van der Waals surface area contributed by atoms with Crippen molar-refractivity contribution in [2.45, 2.75) is 44.9 Å². The highest BCUT2D eigenvalue weighted by Crippen LogP contribution is 2.47. The van der Waals surface area contributed by atoms with Crippen LogP contribution in [-0.2, 0) is 17.9 Å². The lowest BCUT2D eigenvalue weighted by atomic mass is 9.83. The molecule has 5 heteroatoms. The van der Waals surface area contributed by atoms with Crippen LogP contribution in [0.2, 0.25) is 0 Å². The van der Waals surface area contributed by atoms with Crippen LogP contribution in [-0.4, -0.2) is 25.6 Å². The van der Waals surface area contributed by atoms with Gasteiger partial charge in [0, 0.05) is 23.6 Å². The number of hydrogen-bond donors (Lipinski definition) is 1. The Kier molecular flexibility index (Phi) is 3.96. The predicted octanol–water partition coefficient (Wildman–Crippen LogP) is 4.81. The molecule has 1 aromatic carbocycles. The first-order chi connectivity index (χ1) is 13.1. The first kappa shape index (κ1) is 18.4. The van der Waals surface area contributed by atoms with Crippen molar-refractivity contribution in [3.05, 3.63) is 59.5 Å². The molecule has 5 nitrogen and oxygen atoms in total. The number of carboxylic acid groups (broad SMARTS) is 1. The van der Waals surface area contributed by atoms with E-state index < -0.39 is 5.97 Å². The van der Waals surface area contributed by atoms with Gasteiger partial charge in [-0.1, -0.05) is 39.8 Å². The Hall–Kier alpha value is -2.95. The molecule has 0 amide bonds. The molecule has 0 spiro atoms. The van der Waals surface area contributed by atoms with E-state index in [1.165, 1.54) is 0 Å². The van der Waals surface area contributed by atoms with Gasteiger partial charge >= 0.3 is 5.97 Å². The van der Waals surface area contributed by atoms with Crippen LogP contribution in [0.15, 0.2) is 42.6 Å². The quantitative estimate of drug-likeness (QED) is 0.713. The van der Waals surface area contributed by atoms with E-state index in [9.17, 15) is 4.79 Å². The fraction of sp³-hybridized carbons (Fsp3) is 0.348. The molecule has 4 rings (SSSR count). The molecular formula is C23H25N3O2. The molecule has 144 valence electrons. The molecule has 2 aromatic heterocycles. The molecule has 0 unspecified atom stereocenters. The average Bonchev–Trinajstić information content (AvgIpc) is 3.09. The van der Waals surface area contributed by atoms with Crippen LogP contribution >= 0.6 is 0 Å². The second-order valence-corrected chi connectivity index (χ2v) is 8.94. The highest BCUT2D eigenvalue weighted by molar-refractivity contribution is 5.88. The van der Waals surface area contributed by atoms with Gasteiger partial charge < -0.3 is 9.67 Å². The highest BCUT2D eigenvalue weighted by Gasteiger charge is 2.44. The molecule has 2 heterocycles. The third-order valence-electron chi connectivity index (χ3n) is 5.75. The molecule has 0 atom stereocenters. The van der Waals surface area contributed by atoms with Crippen LogP contribution in [0.1, 0.15) is 55.9 Å². The molecule has 0 saturated carbocycles. The van der Waals surface area contributed by atoms with Gasteiger partial charge in [0.05, 0.1) is 28.8 Å². The molecule has 1 N–H and O–H groups in total. The van der Waals surface area contributed by atoms with Crippen molar-refractivity contribution in [3.8, 4) is 22.6 Å². The summed E-state index contributed by atoms with van der Waals surface area (Å²) in [6.45, 7) is 8.94. The zero-order valence-electron chi connectivity index (χ0n) is 16.9. The van der Waals surface area contributed by atoms with Gasteiger partial charge in [0.25, 0.3) is 0 Å². The van der Waals surface area contributed by atoms with Crippen molar-refractivity contribution in [3.63, 3.8) is 0 Å². The molecule has 1 aliphatic carbocycles. The van der Waals surface area contributed by atoms with Crippen molar-refractivity contribution in [1.29, 1.82) is 0 Å². The van der Waals surface area contributed by atoms with E-state index in [1.54, 1.807) is 12.1 Å². The van der Waals surface area contributed by atoms with E-state index in [0.29, 0.717) is 0 Å². The van der Waals surface area contributed by atoms with Crippen molar-refractivity contribution in [2.75, 3.05) is 0 Å². The SMILES string of the molecule is Cn1c(-c2ccc(C(=O)O)cc2)ccc1-c1cnc2c(n1)C(C)(C)CC2(C)C. The van der Waals surface area contributed by atoms with Crippen LogP contribution < -0.4 is 0 Å². The molecule has 28 heavy (non-hydrogen) atoms. The molecule has 0 bridgehead atoms. The first-order valence-corrected chi connectivity index (χ1v) is 9.48. The summed E-state index contributed by atoms with van der Waals surface area (Å²) in [6, 6.07) is 11.0. The second-order valence-electron chi connectivity index (χ2n) is 8.94. The van der Waals surface area contributed by atoms with Crippen molar-refractivity contribution < 1.29 is 9.90 Å². The van der Waals surface area contributed by atoms with Gasteiger partial charge in [0.15, 0.2) is 0 Å². The number of fused-ring (bicyclic) bond motifs is 1. The van der Waals surface area contributed by atoms with Crippen molar-refractivity contribution in [2.24, 2.45) is 7.05 Å². The van der Waals surface area contributed by atoms with Crippen LogP contribution in [0, 0.1) is 0 Å². The fourth-order valence-corrected chi connectivity index (χ4v) is 4.59. The van der Waals surface area contributed by atoms with Gasteiger partial charge in [-0.2, -0.15) is 0 Å². The maximum atomic E-state index is 11.1. The minimum absolute atomic E-state index is 0.00248. The maximum Gasteiger partial charge on any atom is 0.335 e. The number of nitrogens with zero attached hydrogens (tertiary/aromatic N) is 3. The Morgan fingerprint density at radius 2 is 1.57 bits per heavy atom. The molecule has 1 aliphatic rings. The summed E-state index contributed by atoms with van der Waals surface area (Å²) in [7, 11) is 2.00. The minimum atomic E-state index is -0.918. The summed E-state index contributed by atoms with van der Waals surface area (Å²) in [5.74, 6) is -0.918. The van der Waals surface area contributed by atoms with Gasteiger partial charge in [0.1, 0.15) is 5.69 Å². The van der Waals surface area contributed by atoms with E-state index in [4.69, 9.17) is 15.1 Å². The first-order valence-electron chi connectivity index (χ1n) is 9.48. The zero-order chi connectivity index (χ0) is 20.3. The molecular weight excluding hydrogens is 350 g/mol. The number of carboxylic acids is 1. The molecule has 3 aromatic rings. The Labute approximate surface area is 165 Å². The highest BCUT2D eigenvalue weighted by atomic mass is 16.4. The van der Waals surface area contributed by atoms with Crippen LogP contribution in [0.4, 0.5) is 0 Å². The Balaban J connectivity index is 1.75. The summed E-state index contributed by atoms with van der Waals surface area (Å²) in [5.41, 5.74) is 6.34. The molecule has 0 saturated heterocycles. The Morgan fingerprint density at radius 1 is 0.964 bits per heavy atom. The standard InChI is InChI=1S/C23H25N3O2/c1-22(2)13-23(3,4)20-19(22)24-12-16(25-20)18-11-10-17(26(18)5)14-6-8-15(9-7-14)21(27)28/h6-12H,13H2,1-5H3,(H,27,28). The maximum absolute atomic E-state index is 11.1. The van der Waals surface area contributed by atoms with Gasteiger partial charge in [-0.3, -0.25) is 4.98 Å². The van der Waals surface area contributed by atoms with Crippen molar-refractivity contribution in [1.82, 2.24) is 14.5 Å². The van der Waals surface area contributed by atoms with E-state index in [2.05, 4.69) is 32.3 Å². The summed E-state index contributed by atoms with van der Waals surface area (Å²) in [6.07, 6.45) is 2.90. The van der Waals surface area contributed by atoms with Gasteiger partial charge in [-0.25, -0.2) is 9.78 Å². The van der Waals surface area contributed by atoms with Gasteiger partial charge in [-0.05, 0) is 36.2 Å². The summed E-state index contributed by atoms with van der Waals surface area (Å²) in [5, 5.41) is 9.09. The van der Waals surface area contributed by atoms with E-state index in [0.717, 1.165) is 40.5 Å². The van der Waals surface area contributed by atoms with E-state index in [1.807, 2.05) is 37.5 Å². The summed E-state index contributed by atoms with van der Waals surface area (Å²) < 4.78 is 2.08. The topological polar surface area (TPSA) is 68.0 Å². The minimum Gasteiger partial charge on any atom is -0.478 e.